The third-order valence-electron chi connectivity index (χ3n) is 3.95. The van der Waals surface area contributed by atoms with E-state index in [0.29, 0.717) is 17.9 Å². The number of halogens is 4. The van der Waals surface area contributed by atoms with E-state index in [1.165, 1.54) is 19.3 Å². The van der Waals surface area contributed by atoms with E-state index in [9.17, 15) is 17.6 Å². The second-order valence-corrected chi connectivity index (χ2v) is 6.07. The maximum Gasteiger partial charge on any atom is 0.269 e. The minimum Gasteiger partial charge on any atom is -0.469 e. The van der Waals surface area contributed by atoms with Gasteiger partial charge in [0.2, 0.25) is 5.88 Å². The number of rotatable bonds is 7. The van der Waals surface area contributed by atoms with Gasteiger partial charge in [0, 0.05) is 19.7 Å². The highest BCUT2D eigenvalue weighted by Gasteiger charge is 2.21. The number of aryl methyl sites for hydroxylation is 1. The minimum atomic E-state index is -2.84. The average Bonchev–Trinajstić information content (AvgIpc) is 2.59. The average molecular weight is 383 g/mol. The van der Waals surface area contributed by atoms with E-state index in [1.54, 1.807) is 18.9 Å². The van der Waals surface area contributed by atoms with Crippen LogP contribution in [0.15, 0.2) is 29.3 Å². The quantitative estimate of drug-likeness (QED) is 0.367. The number of aromatic nitrogens is 1. The highest BCUT2D eigenvalue weighted by atomic mass is 19.3. The van der Waals surface area contributed by atoms with Gasteiger partial charge in [-0.15, -0.1) is 0 Å². The normalized spacial score (nSPS) is 12.6. The molecule has 0 spiro atoms. The van der Waals surface area contributed by atoms with Gasteiger partial charge in [0.25, 0.3) is 6.43 Å². The molecule has 0 fully saturated rings. The summed E-state index contributed by atoms with van der Waals surface area (Å²) in [5.41, 5.74) is 0.435. The molecule has 1 heterocycles. The first kappa shape index (κ1) is 20.7. The monoisotopic (exact) mass is 383 g/mol. The van der Waals surface area contributed by atoms with Crippen molar-refractivity contribution in [2.45, 2.75) is 33.3 Å². The number of pyridine rings is 1. The largest absolute Gasteiger partial charge is 0.469 e. The van der Waals surface area contributed by atoms with Crippen molar-refractivity contribution in [3.05, 3.63) is 52.7 Å². The third kappa shape index (κ3) is 5.42. The van der Waals surface area contributed by atoms with Crippen molar-refractivity contribution in [1.29, 1.82) is 0 Å². The van der Waals surface area contributed by atoms with E-state index >= 15 is 0 Å². The van der Waals surface area contributed by atoms with Gasteiger partial charge >= 0.3 is 0 Å². The minimum absolute atomic E-state index is 0.179. The van der Waals surface area contributed by atoms with Crippen LogP contribution in [0.1, 0.15) is 43.2 Å². The Hall–Kier alpha value is -2.64. The Morgan fingerprint density at radius 3 is 2.37 bits per heavy atom. The zero-order valence-electron chi connectivity index (χ0n) is 15.5. The van der Waals surface area contributed by atoms with Gasteiger partial charge in [0.05, 0.1) is 23.3 Å². The molecule has 0 saturated carbocycles. The van der Waals surface area contributed by atoms with Gasteiger partial charge in [-0.25, -0.2) is 27.5 Å². The van der Waals surface area contributed by atoms with Gasteiger partial charge < -0.3 is 9.64 Å². The molecule has 0 aliphatic rings. The predicted molar refractivity (Wildman–Crippen MR) is 95.8 cm³/mol. The molecule has 1 aromatic carbocycles. The van der Waals surface area contributed by atoms with E-state index < -0.39 is 29.7 Å². The SMILES string of the molecule is CCN(C)C=Nc1cc(C(F)F)c(O[C@@H](C)c2cc(F)cc(F)c2)nc1C. The second kappa shape index (κ2) is 8.83. The Morgan fingerprint density at radius 2 is 1.81 bits per heavy atom. The van der Waals surface area contributed by atoms with Crippen molar-refractivity contribution in [3.8, 4) is 5.88 Å². The standard InChI is InChI=1S/C19H21F4N3O/c1-5-26(4)10-24-17-9-16(18(22)23)19(25-11(17)2)27-12(3)13-6-14(20)8-15(21)7-13/h6-10,12,18H,5H2,1-4H3/t12-/m0/s1. The van der Waals surface area contributed by atoms with Crippen LogP contribution in [0.2, 0.25) is 0 Å². The molecular formula is C19H21F4N3O. The van der Waals surface area contributed by atoms with E-state index in [-0.39, 0.29) is 11.4 Å². The Bertz CT molecular complexity index is 807. The van der Waals surface area contributed by atoms with Crippen LogP contribution in [0.25, 0.3) is 0 Å². The Balaban J connectivity index is 2.35. The molecule has 1 atom stereocenters. The highest BCUT2D eigenvalue weighted by Crippen LogP contribution is 2.35. The fraction of sp³-hybridized carbons (Fsp3) is 0.368. The fourth-order valence-corrected chi connectivity index (χ4v) is 2.26. The summed E-state index contributed by atoms with van der Waals surface area (Å²) in [7, 11) is 1.80. The summed E-state index contributed by atoms with van der Waals surface area (Å²) >= 11 is 0. The number of ether oxygens (including phenoxy) is 1. The number of alkyl halides is 2. The number of hydrogen-bond acceptors (Lipinski definition) is 3. The van der Waals surface area contributed by atoms with Gasteiger partial charge in [-0.1, -0.05) is 0 Å². The first-order valence-corrected chi connectivity index (χ1v) is 8.38. The zero-order chi connectivity index (χ0) is 20.1. The van der Waals surface area contributed by atoms with E-state index in [2.05, 4.69) is 9.98 Å². The lowest BCUT2D eigenvalue weighted by molar-refractivity contribution is 0.136. The van der Waals surface area contributed by atoms with Gasteiger partial charge in [-0.05, 0) is 44.5 Å². The molecule has 0 aliphatic heterocycles. The Kier molecular flexibility index (Phi) is 6.76. The van der Waals surface area contributed by atoms with Crippen LogP contribution in [-0.2, 0) is 0 Å². The van der Waals surface area contributed by atoms with Gasteiger partial charge in [-0.3, -0.25) is 0 Å². The van der Waals surface area contributed by atoms with Crippen LogP contribution in [0.4, 0.5) is 23.2 Å². The molecule has 0 unspecified atom stereocenters. The predicted octanol–water partition coefficient (Wildman–Crippen LogP) is 5.36. The Labute approximate surface area is 155 Å². The van der Waals surface area contributed by atoms with Gasteiger partial charge in [0.15, 0.2) is 0 Å². The lowest BCUT2D eigenvalue weighted by Crippen LogP contribution is -2.14. The summed E-state index contributed by atoms with van der Waals surface area (Å²) in [5, 5.41) is 0. The van der Waals surface area contributed by atoms with Crippen molar-refractivity contribution in [2.24, 2.45) is 4.99 Å². The summed E-state index contributed by atoms with van der Waals surface area (Å²) in [6.07, 6.45) is -2.19. The van der Waals surface area contributed by atoms with Crippen LogP contribution in [0.3, 0.4) is 0 Å². The number of nitrogens with zero attached hydrogens (tertiary/aromatic N) is 3. The molecule has 0 saturated heterocycles. The molecule has 0 radical (unpaired) electrons. The van der Waals surface area contributed by atoms with Crippen molar-refractivity contribution in [1.82, 2.24) is 9.88 Å². The molecule has 0 aliphatic carbocycles. The summed E-state index contributed by atoms with van der Waals surface area (Å²) in [5.74, 6) is -1.84. The van der Waals surface area contributed by atoms with Crippen LogP contribution >= 0.6 is 0 Å². The molecule has 0 amide bonds. The molecule has 27 heavy (non-hydrogen) atoms. The zero-order valence-corrected chi connectivity index (χ0v) is 15.5. The highest BCUT2D eigenvalue weighted by molar-refractivity contribution is 5.63. The molecule has 2 aromatic rings. The van der Waals surface area contributed by atoms with Gasteiger partial charge in [0.1, 0.15) is 17.7 Å². The summed E-state index contributed by atoms with van der Waals surface area (Å²) in [6, 6.07) is 4.11. The van der Waals surface area contributed by atoms with Crippen LogP contribution in [-0.4, -0.2) is 29.8 Å². The Morgan fingerprint density at radius 1 is 1.19 bits per heavy atom. The van der Waals surface area contributed by atoms with Crippen molar-refractivity contribution in [2.75, 3.05) is 13.6 Å². The summed E-state index contributed by atoms with van der Waals surface area (Å²) < 4.78 is 59.2. The summed E-state index contributed by atoms with van der Waals surface area (Å²) in [4.78, 5) is 10.0. The number of benzene rings is 1. The molecule has 1 aromatic heterocycles. The van der Waals surface area contributed by atoms with E-state index in [1.807, 2.05) is 6.92 Å². The maximum atomic E-state index is 13.5. The molecule has 0 N–H and O–H groups in total. The molecule has 2 rings (SSSR count). The maximum absolute atomic E-state index is 13.5. The molecule has 4 nitrogen and oxygen atoms in total. The number of hydrogen-bond donors (Lipinski definition) is 0. The van der Waals surface area contributed by atoms with Crippen molar-refractivity contribution < 1.29 is 22.3 Å². The van der Waals surface area contributed by atoms with Crippen LogP contribution in [0.5, 0.6) is 5.88 Å². The second-order valence-electron chi connectivity index (χ2n) is 6.07. The fourth-order valence-electron chi connectivity index (χ4n) is 2.26. The van der Waals surface area contributed by atoms with E-state index in [0.717, 1.165) is 18.2 Å². The number of aliphatic imine (C=N–C) groups is 1. The van der Waals surface area contributed by atoms with Crippen molar-refractivity contribution >= 4 is 12.0 Å². The lowest BCUT2D eigenvalue weighted by Gasteiger charge is -2.18. The molecule has 8 heteroatoms. The van der Waals surface area contributed by atoms with Gasteiger partial charge in [-0.2, -0.15) is 0 Å². The smallest absolute Gasteiger partial charge is 0.269 e. The molecular weight excluding hydrogens is 362 g/mol. The molecule has 146 valence electrons. The van der Waals surface area contributed by atoms with Crippen LogP contribution < -0.4 is 4.74 Å². The van der Waals surface area contributed by atoms with E-state index in [4.69, 9.17) is 4.74 Å². The summed E-state index contributed by atoms with van der Waals surface area (Å²) in [6.45, 7) is 5.76. The van der Waals surface area contributed by atoms with Crippen molar-refractivity contribution in [3.63, 3.8) is 0 Å². The third-order valence-corrected chi connectivity index (χ3v) is 3.95. The molecule has 0 bridgehead atoms. The topological polar surface area (TPSA) is 37.7 Å². The van der Waals surface area contributed by atoms with Crippen LogP contribution in [0, 0.1) is 18.6 Å². The lowest BCUT2D eigenvalue weighted by atomic mass is 10.1. The first-order valence-electron chi connectivity index (χ1n) is 8.38. The first-order chi connectivity index (χ1) is 12.7.